The summed E-state index contributed by atoms with van der Waals surface area (Å²) in [6.45, 7) is 3.24. The van der Waals surface area contributed by atoms with Crippen LogP contribution in [0.3, 0.4) is 0 Å². The number of azide groups is 1. The van der Waals surface area contributed by atoms with E-state index in [2.05, 4.69) is 10.0 Å². The average Bonchev–Trinajstić information content (AvgIpc) is 3.23. The Labute approximate surface area is 221 Å². The predicted octanol–water partition coefficient (Wildman–Crippen LogP) is 4.48. The van der Waals surface area contributed by atoms with Crippen molar-refractivity contribution in [2.75, 3.05) is 13.7 Å². The van der Waals surface area contributed by atoms with Crippen LogP contribution in [-0.4, -0.2) is 56.3 Å². The number of ether oxygens (including phenoxy) is 6. The van der Waals surface area contributed by atoms with E-state index < -0.39 is 42.6 Å². The van der Waals surface area contributed by atoms with Crippen LogP contribution in [0, 0.1) is 0 Å². The van der Waals surface area contributed by atoms with Crippen LogP contribution in [0.15, 0.2) is 59.7 Å². The molecule has 1 fully saturated rings. The molecule has 0 amide bonds. The predicted molar refractivity (Wildman–Crippen MR) is 136 cm³/mol. The molecule has 11 heteroatoms. The number of nitrogens with zero attached hydrogens (tertiary/aromatic N) is 3. The van der Waals surface area contributed by atoms with Gasteiger partial charge in [0.2, 0.25) is 6.29 Å². The van der Waals surface area contributed by atoms with Crippen molar-refractivity contribution in [2.45, 2.75) is 70.6 Å². The summed E-state index contributed by atoms with van der Waals surface area (Å²) in [5.74, 6) is -0.454. The minimum Gasteiger partial charge on any atom is -0.497 e. The molecule has 1 aliphatic heterocycles. The minimum absolute atomic E-state index is 0.170. The molecule has 38 heavy (non-hydrogen) atoms. The van der Waals surface area contributed by atoms with Gasteiger partial charge in [-0.15, -0.1) is 0 Å². The van der Waals surface area contributed by atoms with Crippen LogP contribution >= 0.6 is 0 Å². The number of hydrogen-bond acceptors (Lipinski definition) is 9. The molecule has 3 rings (SSSR count). The summed E-state index contributed by atoms with van der Waals surface area (Å²) in [6.07, 6.45) is -3.34. The molecule has 0 bridgehead atoms. The lowest BCUT2D eigenvalue weighted by atomic mass is 10.0. The second-order valence-corrected chi connectivity index (χ2v) is 8.71. The maximum atomic E-state index is 12.0. The Bertz CT molecular complexity index is 1080. The van der Waals surface area contributed by atoms with E-state index in [4.69, 9.17) is 34.0 Å². The summed E-state index contributed by atoms with van der Waals surface area (Å²) in [4.78, 5) is 26.6. The zero-order valence-electron chi connectivity index (χ0n) is 21.7. The molecule has 5 atom stereocenters. The molecule has 0 aromatic heterocycles. The molecule has 0 spiro atoms. The van der Waals surface area contributed by atoms with Crippen molar-refractivity contribution in [3.8, 4) is 5.75 Å². The lowest BCUT2D eigenvalue weighted by molar-refractivity contribution is -0.201. The minimum atomic E-state index is -1.18. The molecule has 11 nitrogen and oxygen atoms in total. The third-order valence-corrected chi connectivity index (χ3v) is 5.88. The van der Waals surface area contributed by atoms with E-state index >= 15 is 0 Å². The van der Waals surface area contributed by atoms with E-state index in [0.717, 1.165) is 11.1 Å². The second-order valence-electron chi connectivity index (χ2n) is 8.71. The van der Waals surface area contributed by atoms with Crippen molar-refractivity contribution in [3.05, 3.63) is 76.2 Å². The smallest absolute Gasteiger partial charge is 0.305 e. The number of carbonyl (C=O) groups is 2. The first-order valence-corrected chi connectivity index (χ1v) is 12.3. The first kappa shape index (κ1) is 28.9. The Morgan fingerprint density at radius 2 is 1.66 bits per heavy atom. The van der Waals surface area contributed by atoms with Gasteiger partial charge in [0.15, 0.2) is 6.10 Å². The van der Waals surface area contributed by atoms with Crippen LogP contribution in [0.5, 0.6) is 5.75 Å². The maximum Gasteiger partial charge on any atom is 0.305 e. The SMILES string of the molecule is COc1ccc(CO[C@@H]2C(OC(C)=O)C(OC(C)=O)O[C@@H]2[C@@H](CCCN=[N+]=[N-])OCc2ccccc2)cc1. The van der Waals surface area contributed by atoms with E-state index in [1.807, 2.05) is 54.6 Å². The lowest BCUT2D eigenvalue weighted by Crippen LogP contribution is -2.44. The van der Waals surface area contributed by atoms with Crippen molar-refractivity contribution in [1.29, 1.82) is 0 Å². The average molecular weight is 528 g/mol. The van der Waals surface area contributed by atoms with Crippen LogP contribution in [0.25, 0.3) is 10.4 Å². The third-order valence-electron chi connectivity index (χ3n) is 5.88. The van der Waals surface area contributed by atoms with E-state index in [1.54, 1.807) is 7.11 Å². The number of benzene rings is 2. The quantitative estimate of drug-likeness (QED) is 0.115. The van der Waals surface area contributed by atoms with E-state index in [9.17, 15) is 9.59 Å². The van der Waals surface area contributed by atoms with Gasteiger partial charge in [0, 0.05) is 25.3 Å². The highest BCUT2D eigenvalue weighted by Gasteiger charge is 2.52. The van der Waals surface area contributed by atoms with E-state index in [0.29, 0.717) is 18.6 Å². The topological polar surface area (TPSA) is 138 Å². The highest BCUT2D eigenvalue weighted by atomic mass is 16.7. The number of carbonyl (C=O) groups excluding carboxylic acids is 2. The highest BCUT2D eigenvalue weighted by Crippen LogP contribution is 2.33. The van der Waals surface area contributed by atoms with Crippen molar-refractivity contribution in [2.24, 2.45) is 5.11 Å². The Morgan fingerprint density at radius 1 is 0.974 bits per heavy atom. The van der Waals surface area contributed by atoms with Gasteiger partial charge in [-0.05, 0) is 41.6 Å². The fraction of sp³-hybridized carbons (Fsp3) is 0.481. The maximum absolute atomic E-state index is 12.0. The van der Waals surface area contributed by atoms with Crippen molar-refractivity contribution in [3.63, 3.8) is 0 Å². The highest BCUT2D eigenvalue weighted by molar-refractivity contribution is 5.67. The van der Waals surface area contributed by atoms with Gasteiger partial charge in [-0.25, -0.2) is 0 Å². The summed E-state index contributed by atoms with van der Waals surface area (Å²) in [5, 5.41) is 3.61. The molecule has 1 aliphatic rings. The zero-order valence-corrected chi connectivity index (χ0v) is 21.7. The monoisotopic (exact) mass is 527 g/mol. The van der Waals surface area contributed by atoms with Gasteiger partial charge in [0.25, 0.3) is 0 Å². The molecular weight excluding hydrogens is 494 g/mol. The Hall–Kier alpha value is -3.63. The van der Waals surface area contributed by atoms with Crippen molar-refractivity contribution >= 4 is 11.9 Å². The number of methoxy groups -OCH3 is 1. The molecule has 2 aromatic rings. The summed E-state index contributed by atoms with van der Waals surface area (Å²) in [6, 6.07) is 17.0. The Kier molecular flexibility index (Phi) is 11.4. The lowest BCUT2D eigenvalue weighted by Gasteiger charge is -2.29. The summed E-state index contributed by atoms with van der Waals surface area (Å²) >= 11 is 0. The van der Waals surface area contributed by atoms with Crippen LogP contribution < -0.4 is 4.74 Å². The van der Waals surface area contributed by atoms with Crippen LogP contribution in [0.2, 0.25) is 0 Å². The van der Waals surface area contributed by atoms with Crippen LogP contribution in [0.4, 0.5) is 0 Å². The van der Waals surface area contributed by atoms with E-state index in [1.165, 1.54) is 13.8 Å². The molecule has 0 radical (unpaired) electrons. The van der Waals surface area contributed by atoms with Gasteiger partial charge >= 0.3 is 11.9 Å². The number of rotatable bonds is 14. The first-order valence-electron chi connectivity index (χ1n) is 12.3. The molecule has 204 valence electrons. The van der Waals surface area contributed by atoms with E-state index in [-0.39, 0.29) is 19.8 Å². The Balaban J connectivity index is 1.86. The summed E-state index contributed by atoms with van der Waals surface area (Å²) < 4.78 is 34.8. The fourth-order valence-electron chi connectivity index (χ4n) is 4.16. The summed E-state index contributed by atoms with van der Waals surface area (Å²) in [7, 11) is 1.59. The first-order chi connectivity index (χ1) is 18.4. The van der Waals surface area contributed by atoms with Gasteiger partial charge in [-0.2, -0.15) is 0 Å². The zero-order chi connectivity index (χ0) is 27.3. The molecule has 0 N–H and O–H groups in total. The molecule has 1 heterocycles. The molecule has 1 saturated heterocycles. The second kappa shape index (κ2) is 14.9. The molecule has 0 saturated carbocycles. The van der Waals surface area contributed by atoms with Gasteiger partial charge in [-0.1, -0.05) is 47.6 Å². The van der Waals surface area contributed by atoms with Crippen molar-refractivity contribution in [1.82, 2.24) is 0 Å². The summed E-state index contributed by atoms with van der Waals surface area (Å²) in [5.41, 5.74) is 10.5. The fourth-order valence-corrected chi connectivity index (χ4v) is 4.16. The Morgan fingerprint density at radius 3 is 2.29 bits per heavy atom. The normalized spacial score (nSPS) is 21.2. The third kappa shape index (κ3) is 8.74. The number of esters is 2. The van der Waals surface area contributed by atoms with Crippen molar-refractivity contribution < 1.29 is 38.0 Å². The molecule has 0 aliphatic carbocycles. The van der Waals surface area contributed by atoms with Gasteiger partial charge < -0.3 is 28.4 Å². The number of hydrogen-bond donors (Lipinski definition) is 0. The van der Waals surface area contributed by atoms with Crippen LogP contribution in [0.1, 0.15) is 37.8 Å². The van der Waals surface area contributed by atoms with Gasteiger partial charge in [0.05, 0.1) is 26.4 Å². The molecular formula is C27H33N3O8. The van der Waals surface area contributed by atoms with Gasteiger partial charge in [0.1, 0.15) is 18.0 Å². The van der Waals surface area contributed by atoms with Crippen LogP contribution in [-0.2, 0) is 46.5 Å². The standard InChI is InChI=1S/C27H33N3O8/c1-18(31)36-26-25(35-17-21-11-13-22(33-3)14-12-21)24(38-27(26)37-19(2)32)23(10-7-15-29-30-28)34-16-20-8-5-4-6-9-20/h4-6,8-9,11-14,23-27H,7,10,15-17H2,1-3H3/t23-,24-,25+,26?,27?/m1/s1. The largest absolute Gasteiger partial charge is 0.497 e. The molecule has 2 aromatic carbocycles. The molecule has 2 unspecified atom stereocenters. The van der Waals surface area contributed by atoms with Gasteiger partial charge in [-0.3, -0.25) is 9.59 Å².